The highest BCUT2D eigenvalue weighted by molar-refractivity contribution is 6.42. The number of carbonyl (C=O) groups excluding carboxylic acids is 2. The van der Waals surface area contributed by atoms with Gasteiger partial charge in [0.2, 0.25) is 5.91 Å². The molecule has 1 aliphatic carbocycles. The van der Waals surface area contributed by atoms with Crippen LogP contribution < -0.4 is 15.5 Å². The molecule has 3 N–H and O–H groups in total. The Morgan fingerprint density at radius 1 is 1.18 bits per heavy atom. The van der Waals surface area contributed by atoms with Crippen LogP contribution in [0, 0.1) is 24.1 Å². The summed E-state index contributed by atoms with van der Waals surface area (Å²) < 4.78 is 14.0. The van der Waals surface area contributed by atoms with Gasteiger partial charge in [-0.3, -0.25) is 9.59 Å². The van der Waals surface area contributed by atoms with Gasteiger partial charge in [0, 0.05) is 24.2 Å². The van der Waals surface area contributed by atoms with Crippen LogP contribution in [0.15, 0.2) is 24.3 Å². The molecule has 0 unspecified atom stereocenters. The number of nitrogens with one attached hydrogen (secondary N) is 3. The highest BCUT2D eigenvalue weighted by Gasteiger charge is 2.36. The van der Waals surface area contributed by atoms with Crippen LogP contribution in [0.5, 0.6) is 0 Å². The Morgan fingerprint density at radius 3 is 2.61 bits per heavy atom. The summed E-state index contributed by atoms with van der Waals surface area (Å²) in [5, 5.41) is 14.9. The molecule has 4 rings (SSSR count). The maximum absolute atomic E-state index is 14.0. The second kappa shape index (κ2) is 12.1. The van der Waals surface area contributed by atoms with Crippen molar-refractivity contribution >= 4 is 28.9 Å². The minimum atomic E-state index is -0.726. The quantitative estimate of drug-likeness (QED) is 0.400. The van der Waals surface area contributed by atoms with Crippen molar-refractivity contribution in [1.82, 2.24) is 20.6 Å². The summed E-state index contributed by atoms with van der Waals surface area (Å²) in [5.41, 5.74) is 2.39. The third kappa shape index (κ3) is 5.93. The number of fused-ring (bicyclic) bond motifs is 1. The molecule has 204 valence electrons. The van der Waals surface area contributed by atoms with Crippen molar-refractivity contribution in [2.45, 2.75) is 83.7 Å². The van der Waals surface area contributed by atoms with E-state index < -0.39 is 18.0 Å². The standard InChI is InChI=1S/C29H39FN6O2/c1-5-22(26(31)28(37)27(20-9-7-6-8-10-20)35-29(38)17(2)32-4)23-16-25(34-18(3)33-23)36-14-13-19-11-12-21(30)15-24(19)36/h11-12,15-17,20,22,27,31-32H,5-10,13-14H2,1-4H3,(H,35,38)/t17-,22-,27-/m0/s1. The summed E-state index contributed by atoms with van der Waals surface area (Å²) in [6, 6.07) is 5.45. The lowest BCUT2D eigenvalue weighted by Gasteiger charge is -2.32. The van der Waals surface area contributed by atoms with E-state index >= 15 is 0 Å². The van der Waals surface area contributed by atoms with E-state index in [0.717, 1.165) is 49.8 Å². The number of aryl methyl sites for hydroxylation is 1. The summed E-state index contributed by atoms with van der Waals surface area (Å²) in [6.45, 7) is 6.14. The molecular formula is C29H39FN6O2. The summed E-state index contributed by atoms with van der Waals surface area (Å²) >= 11 is 0. The number of hydrogen-bond acceptors (Lipinski definition) is 7. The van der Waals surface area contributed by atoms with Crippen molar-refractivity contribution < 1.29 is 14.0 Å². The van der Waals surface area contributed by atoms with Gasteiger partial charge in [-0.2, -0.15) is 0 Å². The Balaban J connectivity index is 1.62. The molecule has 3 atom stereocenters. The number of anilines is 2. The van der Waals surface area contributed by atoms with Gasteiger partial charge in [0.15, 0.2) is 5.78 Å². The second-order valence-corrected chi connectivity index (χ2v) is 10.5. The van der Waals surface area contributed by atoms with E-state index in [9.17, 15) is 14.0 Å². The smallest absolute Gasteiger partial charge is 0.237 e. The third-order valence-corrected chi connectivity index (χ3v) is 7.97. The lowest BCUT2D eigenvalue weighted by molar-refractivity contribution is -0.127. The normalized spacial score (nSPS) is 18.0. The SMILES string of the molecule is CC[C@H](C(=N)C(=O)[C@@H](NC(=O)[C@H](C)NC)C1CCCCC1)c1cc(N2CCc3ccc(F)cc32)nc(C)n1. The second-order valence-electron chi connectivity index (χ2n) is 10.5. The molecule has 38 heavy (non-hydrogen) atoms. The molecule has 0 radical (unpaired) electrons. The van der Waals surface area contributed by atoms with Crippen molar-refractivity contribution in [2.24, 2.45) is 5.92 Å². The van der Waals surface area contributed by atoms with E-state index in [1.165, 1.54) is 12.1 Å². The fourth-order valence-electron chi connectivity index (χ4n) is 5.66. The first-order valence-electron chi connectivity index (χ1n) is 13.7. The zero-order valence-corrected chi connectivity index (χ0v) is 22.8. The molecule has 1 fully saturated rings. The number of rotatable bonds is 10. The van der Waals surface area contributed by atoms with Crippen molar-refractivity contribution in [3.05, 3.63) is 47.2 Å². The number of hydrogen-bond donors (Lipinski definition) is 3. The molecule has 1 aromatic heterocycles. The van der Waals surface area contributed by atoms with E-state index in [2.05, 4.69) is 20.6 Å². The van der Waals surface area contributed by atoms with E-state index in [1.54, 1.807) is 27.0 Å². The van der Waals surface area contributed by atoms with Crippen molar-refractivity contribution in [3.63, 3.8) is 0 Å². The van der Waals surface area contributed by atoms with Gasteiger partial charge in [0.05, 0.1) is 23.5 Å². The van der Waals surface area contributed by atoms with Crippen molar-refractivity contribution in [1.29, 1.82) is 5.41 Å². The van der Waals surface area contributed by atoms with Crippen LogP contribution >= 0.6 is 0 Å². The first kappa shape index (κ1) is 27.8. The van der Waals surface area contributed by atoms with Crippen LogP contribution in [0.4, 0.5) is 15.9 Å². The Bertz CT molecular complexity index is 1200. The number of halogens is 1. The predicted octanol–water partition coefficient (Wildman–Crippen LogP) is 4.37. The maximum atomic E-state index is 14.0. The largest absolute Gasteiger partial charge is 0.344 e. The number of ketones is 1. The number of nitrogens with zero attached hydrogens (tertiary/aromatic N) is 3. The van der Waals surface area contributed by atoms with Crippen LogP contribution in [0.2, 0.25) is 0 Å². The van der Waals surface area contributed by atoms with Gasteiger partial charge in [-0.25, -0.2) is 14.4 Å². The van der Waals surface area contributed by atoms with E-state index in [1.807, 2.05) is 17.9 Å². The van der Waals surface area contributed by atoms with Gasteiger partial charge in [0.25, 0.3) is 0 Å². The third-order valence-electron chi connectivity index (χ3n) is 7.97. The van der Waals surface area contributed by atoms with Crippen LogP contribution in [-0.2, 0) is 16.0 Å². The summed E-state index contributed by atoms with van der Waals surface area (Å²) in [5.74, 6) is -0.243. The number of aromatic nitrogens is 2. The summed E-state index contributed by atoms with van der Waals surface area (Å²) in [6.07, 6.45) is 6.16. The minimum absolute atomic E-state index is 0.0146. The molecule has 9 heteroatoms. The minimum Gasteiger partial charge on any atom is -0.344 e. The fraction of sp³-hybridized carbons (Fsp3) is 0.552. The van der Waals surface area contributed by atoms with Crippen LogP contribution in [0.25, 0.3) is 0 Å². The Hall–Kier alpha value is -3.20. The van der Waals surface area contributed by atoms with Crippen LogP contribution in [-0.4, -0.2) is 53.0 Å². The van der Waals surface area contributed by atoms with Gasteiger partial charge in [-0.1, -0.05) is 32.3 Å². The first-order chi connectivity index (χ1) is 18.2. The molecule has 2 aromatic rings. The van der Waals surface area contributed by atoms with E-state index in [4.69, 9.17) is 5.41 Å². The number of carbonyl (C=O) groups is 2. The lowest BCUT2D eigenvalue weighted by atomic mass is 9.79. The molecular weight excluding hydrogens is 483 g/mol. The molecule has 1 amide bonds. The molecule has 0 spiro atoms. The van der Waals surface area contributed by atoms with E-state index in [-0.39, 0.29) is 29.1 Å². The van der Waals surface area contributed by atoms with Crippen LogP contribution in [0.1, 0.15) is 75.4 Å². The molecule has 1 saturated carbocycles. The summed E-state index contributed by atoms with van der Waals surface area (Å²) in [4.78, 5) is 37.8. The van der Waals surface area contributed by atoms with Gasteiger partial charge < -0.3 is 20.9 Å². The highest BCUT2D eigenvalue weighted by Crippen LogP contribution is 2.36. The first-order valence-corrected chi connectivity index (χ1v) is 13.7. The average Bonchev–Trinajstić information content (AvgIpc) is 3.34. The Morgan fingerprint density at radius 2 is 1.92 bits per heavy atom. The number of amides is 1. The molecule has 2 aliphatic rings. The fourth-order valence-corrected chi connectivity index (χ4v) is 5.66. The molecule has 8 nitrogen and oxygen atoms in total. The molecule has 0 saturated heterocycles. The maximum Gasteiger partial charge on any atom is 0.237 e. The Labute approximate surface area is 224 Å². The van der Waals surface area contributed by atoms with Crippen molar-refractivity contribution in [2.75, 3.05) is 18.5 Å². The molecule has 1 aromatic carbocycles. The van der Waals surface area contributed by atoms with Gasteiger partial charge in [-0.15, -0.1) is 0 Å². The van der Waals surface area contributed by atoms with Gasteiger partial charge in [0.1, 0.15) is 17.5 Å². The van der Waals surface area contributed by atoms with Crippen molar-refractivity contribution in [3.8, 4) is 0 Å². The molecule has 0 bridgehead atoms. The van der Waals surface area contributed by atoms with E-state index in [0.29, 0.717) is 30.3 Å². The number of likely N-dealkylation sites (N-methyl/N-ethyl adjacent to an activating group) is 1. The van der Waals surface area contributed by atoms with Gasteiger partial charge in [-0.05, 0) is 70.2 Å². The number of Topliss-reactive ketones (excluding diaryl/α,β-unsaturated/α-hetero) is 1. The molecule has 2 heterocycles. The lowest BCUT2D eigenvalue weighted by Crippen LogP contribution is -2.53. The zero-order chi connectivity index (χ0) is 27.4. The number of benzene rings is 1. The average molecular weight is 523 g/mol. The Kier molecular flexibility index (Phi) is 8.87. The monoisotopic (exact) mass is 522 g/mol. The summed E-state index contributed by atoms with van der Waals surface area (Å²) in [7, 11) is 1.71. The van der Waals surface area contributed by atoms with Gasteiger partial charge >= 0.3 is 0 Å². The molecule has 1 aliphatic heterocycles. The van der Waals surface area contributed by atoms with Crippen LogP contribution in [0.3, 0.4) is 0 Å². The predicted molar refractivity (Wildman–Crippen MR) is 147 cm³/mol. The zero-order valence-electron chi connectivity index (χ0n) is 22.8. The highest BCUT2D eigenvalue weighted by atomic mass is 19.1. The topological polar surface area (TPSA) is 111 Å².